The molecule has 1 rings (SSSR count). The summed E-state index contributed by atoms with van der Waals surface area (Å²) in [5.41, 5.74) is 0.631. The molecule has 25 heavy (non-hydrogen) atoms. The molecule has 2 N–H and O–H groups in total. The van der Waals surface area contributed by atoms with Crippen molar-refractivity contribution in [2.75, 3.05) is 33.9 Å². The lowest BCUT2D eigenvalue weighted by Gasteiger charge is -2.36. The van der Waals surface area contributed by atoms with E-state index in [2.05, 4.69) is 19.1 Å². The third kappa shape index (κ3) is 8.41. The minimum Gasteiger partial charge on any atom is -0.494 e. The highest BCUT2D eigenvalue weighted by Gasteiger charge is 2.30. The summed E-state index contributed by atoms with van der Waals surface area (Å²) < 4.78 is 5.78. The molecule has 0 heterocycles. The van der Waals surface area contributed by atoms with Crippen molar-refractivity contribution in [3.8, 4) is 5.75 Å². The monoisotopic (exact) mass is 373 g/mol. The van der Waals surface area contributed by atoms with E-state index in [1.165, 1.54) is 31.2 Å². The Labute approximate surface area is 159 Å². The van der Waals surface area contributed by atoms with Crippen LogP contribution >= 0.6 is 12.4 Å². The van der Waals surface area contributed by atoms with Gasteiger partial charge in [0.15, 0.2) is 0 Å². The van der Waals surface area contributed by atoms with Crippen molar-refractivity contribution in [3.63, 3.8) is 0 Å². The van der Waals surface area contributed by atoms with Crippen molar-refractivity contribution in [1.29, 1.82) is 0 Å². The highest BCUT2D eigenvalue weighted by Crippen LogP contribution is 2.21. The Hall–Kier alpha value is -0.810. The first-order chi connectivity index (χ1) is 11.6. The lowest BCUT2D eigenvalue weighted by Crippen LogP contribution is -2.51. The summed E-state index contributed by atoms with van der Waals surface area (Å²) in [7, 11) is 3.79. The molecule has 1 aromatic rings. The number of hydrogen-bond acceptors (Lipinski definition) is 4. The molecule has 0 radical (unpaired) electrons. The number of benzene rings is 1. The van der Waals surface area contributed by atoms with E-state index in [0.717, 1.165) is 25.2 Å². The molecule has 0 unspecified atom stereocenters. The summed E-state index contributed by atoms with van der Waals surface area (Å²) in [5.74, 6) is 0.914. The van der Waals surface area contributed by atoms with Crippen LogP contribution in [-0.2, 0) is 6.42 Å². The summed E-state index contributed by atoms with van der Waals surface area (Å²) in [4.78, 5) is 1.91. The van der Waals surface area contributed by atoms with Crippen LogP contribution in [0.3, 0.4) is 0 Å². The second-order valence-electron chi connectivity index (χ2n) is 6.84. The number of rotatable bonds is 13. The molecule has 0 aliphatic rings. The zero-order valence-electron chi connectivity index (χ0n) is 16.0. The van der Waals surface area contributed by atoms with Crippen LogP contribution in [0.15, 0.2) is 24.3 Å². The van der Waals surface area contributed by atoms with Crippen molar-refractivity contribution in [2.24, 2.45) is 0 Å². The Morgan fingerprint density at radius 1 is 0.960 bits per heavy atom. The molecular weight excluding hydrogens is 338 g/mol. The number of aryl methyl sites for hydroxylation is 1. The lowest BCUT2D eigenvalue weighted by molar-refractivity contribution is 0.0107. The molecule has 0 saturated heterocycles. The van der Waals surface area contributed by atoms with Crippen molar-refractivity contribution >= 4 is 12.4 Å². The van der Waals surface area contributed by atoms with Crippen LogP contribution < -0.4 is 4.74 Å². The molecule has 146 valence electrons. The first kappa shape index (κ1) is 24.2. The molecule has 0 fully saturated rings. The van der Waals surface area contributed by atoms with E-state index in [4.69, 9.17) is 4.74 Å². The zero-order chi connectivity index (χ0) is 17.8. The van der Waals surface area contributed by atoms with E-state index in [-0.39, 0.29) is 25.6 Å². The van der Waals surface area contributed by atoms with Gasteiger partial charge >= 0.3 is 0 Å². The predicted molar refractivity (Wildman–Crippen MR) is 107 cm³/mol. The molecule has 1 aromatic carbocycles. The maximum Gasteiger partial charge on any atom is 0.119 e. The van der Waals surface area contributed by atoms with Gasteiger partial charge in [-0.15, -0.1) is 12.4 Å². The molecule has 0 saturated carbocycles. The predicted octanol–water partition coefficient (Wildman–Crippen LogP) is 3.68. The molecule has 0 aliphatic heterocycles. The van der Waals surface area contributed by atoms with E-state index in [9.17, 15) is 10.2 Å². The summed E-state index contributed by atoms with van der Waals surface area (Å²) in [5, 5.41) is 19.2. The first-order valence-corrected chi connectivity index (χ1v) is 9.19. The Bertz CT molecular complexity index is 433. The number of halogens is 1. The van der Waals surface area contributed by atoms with Crippen molar-refractivity contribution < 1.29 is 14.9 Å². The second-order valence-corrected chi connectivity index (χ2v) is 6.84. The minimum atomic E-state index is -0.562. The van der Waals surface area contributed by atoms with Crippen LogP contribution in [0.25, 0.3) is 0 Å². The van der Waals surface area contributed by atoms with Gasteiger partial charge < -0.3 is 14.9 Å². The van der Waals surface area contributed by atoms with Gasteiger partial charge in [0, 0.05) is 0 Å². The van der Waals surface area contributed by atoms with E-state index < -0.39 is 5.54 Å². The molecule has 0 amide bonds. The zero-order valence-corrected chi connectivity index (χ0v) is 16.9. The number of unbranched alkanes of at least 4 members (excludes halogenated alkanes) is 4. The van der Waals surface area contributed by atoms with Gasteiger partial charge in [0.1, 0.15) is 5.75 Å². The summed E-state index contributed by atoms with van der Waals surface area (Å²) in [6.07, 6.45) is 7.75. The number of aliphatic hydroxyl groups is 2. The fourth-order valence-electron chi connectivity index (χ4n) is 2.74. The highest BCUT2D eigenvalue weighted by molar-refractivity contribution is 5.85. The first-order valence-electron chi connectivity index (χ1n) is 9.19. The van der Waals surface area contributed by atoms with Crippen LogP contribution in [-0.4, -0.2) is 54.6 Å². The highest BCUT2D eigenvalue weighted by atomic mass is 35.5. The van der Waals surface area contributed by atoms with Crippen LogP contribution in [0.2, 0.25) is 0 Å². The van der Waals surface area contributed by atoms with E-state index in [1.807, 2.05) is 31.1 Å². The van der Waals surface area contributed by atoms with Crippen LogP contribution in [0.4, 0.5) is 0 Å². The van der Waals surface area contributed by atoms with Crippen molar-refractivity contribution in [1.82, 2.24) is 4.90 Å². The lowest BCUT2D eigenvalue weighted by atomic mass is 9.91. The molecule has 0 bridgehead atoms. The largest absolute Gasteiger partial charge is 0.494 e. The fourth-order valence-corrected chi connectivity index (χ4v) is 2.74. The van der Waals surface area contributed by atoms with Crippen LogP contribution in [0, 0.1) is 0 Å². The quantitative estimate of drug-likeness (QED) is 0.518. The number of nitrogens with zero attached hydrogens (tertiary/aromatic N) is 1. The third-order valence-corrected chi connectivity index (χ3v) is 4.86. The van der Waals surface area contributed by atoms with E-state index in [1.54, 1.807) is 0 Å². The normalized spacial score (nSPS) is 11.4. The minimum absolute atomic E-state index is 0. The summed E-state index contributed by atoms with van der Waals surface area (Å²) in [6.45, 7) is 2.91. The van der Waals surface area contributed by atoms with Gasteiger partial charge in [0.2, 0.25) is 0 Å². The number of hydrogen-bond donors (Lipinski definition) is 2. The summed E-state index contributed by atoms with van der Waals surface area (Å²) in [6, 6.07) is 8.16. The van der Waals surface area contributed by atoms with E-state index in [0.29, 0.717) is 6.42 Å². The average Bonchev–Trinajstić information content (AvgIpc) is 2.60. The van der Waals surface area contributed by atoms with Gasteiger partial charge in [-0.2, -0.15) is 0 Å². The maximum absolute atomic E-state index is 9.62. The molecule has 0 aromatic heterocycles. The maximum atomic E-state index is 9.62. The standard InChI is InChI=1S/C20H35NO3.ClH/c1-4-5-6-7-8-15-24-19-11-9-18(10-12-19)13-14-20(16-22,17-23)21(2)3;/h9-12,22-23H,4-8,13-17H2,1-3H3;1H. The Balaban J connectivity index is 0.00000576. The Morgan fingerprint density at radius 3 is 2.08 bits per heavy atom. The third-order valence-electron chi connectivity index (χ3n) is 4.86. The van der Waals surface area contributed by atoms with Gasteiger partial charge in [-0.1, -0.05) is 44.7 Å². The number of likely N-dealkylation sites (N-methyl/N-ethyl adjacent to an activating group) is 1. The average molecular weight is 374 g/mol. The topological polar surface area (TPSA) is 52.9 Å². The molecular formula is C20H36ClNO3. The van der Waals surface area contributed by atoms with Crippen molar-refractivity contribution in [2.45, 2.75) is 57.4 Å². The molecule has 0 atom stereocenters. The van der Waals surface area contributed by atoms with Crippen molar-refractivity contribution in [3.05, 3.63) is 29.8 Å². The number of aliphatic hydroxyl groups excluding tert-OH is 2. The fraction of sp³-hybridized carbons (Fsp3) is 0.700. The molecule has 0 aliphatic carbocycles. The summed E-state index contributed by atoms with van der Waals surface area (Å²) >= 11 is 0. The molecule has 0 spiro atoms. The smallest absolute Gasteiger partial charge is 0.119 e. The Kier molecular flexibility index (Phi) is 13.0. The number of ether oxygens (including phenoxy) is 1. The van der Waals surface area contributed by atoms with Gasteiger partial charge in [0.05, 0.1) is 25.4 Å². The molecule has 4 nitrogen and oxygen atoms in total. The van der Waals surface area contributed by atoms with E-state index >= 15 is 0 Å². The van der Waals surface area contributed by atoms with Gasteiger partial charge in [-0.05, 0) is 51.1 Å². The van der Waals surface area contributed by atoms with Gasteiger partial charge in [-0.25, -0.2) is 0 Å². The van der Waals surface area contributed by atoms with Crippen LogP contribution in [0.1, 0.15) is 51.0 Å². The molecule has 5 heteroatoms. The van der Waals surface area contributed by atoms with Gasteiger partial charge in [-0.3, -0.25) is 4.90 Å². The van der Waals surface area contributed by atoms with Gasteiger partial charge in [0.25, 0.3) is 0 Å². The Morgan fingerprint density at radius 2 is 1.56 bits per heavy atom. The van der Waals surface area contributed by atoms with Crippen LogP contribution in [0.5, 0.6) is 5.75 Å². The second kappa shape index (κ2) is 13.4. The SMILES string of the molecule is CCCCCCCOc1ccc(CCC(CO)(CO)N(C)C)cc1.Cl.